The second-order valence-electron chi connectivity index (χ2n) is 10.4. The molecule has 2 aliphatic rings. The van der Waals surface area contributed by atoms with Crippen molar-refractivity contribution in [3.8, 4) is 0 Å². The van der Waals surface area contributed by atoms with Crippen LogP contribution in [0.1, 0.15) is 37.5 Å². The zero-order chi connectivity index (χ0) is 30.1. The molecule has 220 valence electrons. The van der Waals surface area contributed by atoms with E-state index in [0.717, 1.165) is 12.1 Å². The van der Waals surface area contributed by atoms with E-state index in [0.29, 0.717) is 36.2 Å². The monoisotopic (exact) mass is 577 g/mol. The number of para-hydroxylation sites is 1. The summed E-state index contributed by atoms with van der Waals surface area (Å²) in [4.78, 5) is 46.6. The number of nitrogens with zero attached hydrogens (tertiary/aromatic N) is 3. The van der Waals surface area contributed by atoms with E-state index in [2.05, 4.69) is 10.3 Å². The summed E-state index contributed by atoms with van der Waals surface area (Å²) < 4.78 is 58.7. The molecule has 41 heavy (non-hydrogen) atoms. The van der Waals surface area contributed by atoms with Gasteiger partial charge in [-0.15, -0.1) is 0 Å². The van der Waals surface area contributed by atoms with Crippen molar-refractivity contribution in [2.45, 2.75) is 51.7 Å². The van der Waals surface area contributed by atoms with Gasteiger partial charge in [-0.2, -0.15) is 13.2 Å². The number of nitrogens with one attached hydrogen (secondary N) is 1. The van der Waals surface area contributed by atoms with Gasteiger partial charge in [0.15, 0.2) is 0 Å². The van der Waals surface area contributed by atoms with Crippen molar-refractivity contribution >= 4 is 29.2 Å². The van der Waals surface area contributed by atoms with Crippen LogP contribution < -0.4 is 16.0 Å². The van der Waals surface area contributed by atoms with Crippen LogP contribution in [0.2, 0.25) is 0 Å². The molecule has 4 atom stereocenters. The first-order valence-electron chi connectivity index (χ1n) is 13.1. The van der Waals surface area contributed by atoms with E-state index in [1.165, 1.54) is 11.8 Å². The number of fused-ring (bicyclic) bond motifs is 1. The number of aliphatic imine (C=N–C) groups is 1. The summed E-state index contributed by atoms with van der Waals surface area (Å²) in [6.07, 6.45) is -6.67. The van der Waals surface area contributed by atoms with Crippen LogP contribution in [0.3, 0.4) is 0 Å². The molecule has 0 bridgehead atoms. The molecule has 13 heteroatoms. The van der Waals surface area contributed by atoms with Crippen LogP contribution in [0.5, 0.6) is 0 Å². The lowest BCUT2D eigenvalue weighted by Crippen LogP contribution is -2.51. The molecule has 4 rings (SSSR count). The molecule has 9 nitrogen and oxygen atoms in total. The maximum atomic E-state index is 14.1. The number of benzene rings is 2. The average Bonchev–Trinajstić information content (AvgIpc) is 2.98. The predicted molar refractivity (Wildman–Crippen MR) is 142 cm³/mol. The van der Waals surface area contributed by atoms with Gasteiger partial charge in [0.2, 0.25) is 18.0 Å². The molecule has 3 unspecified atom stereocenters. The van der Waals surface area contributed by atoms with Gasteiger partial charge in [-0.05, 0) is 50.1 Å². The van der Waals surface area contributed by atoms with Crippen LogP contribution in [0.15, 0.2) is 47.5 Å². The smallest absolute Gasteiger partial charge is 0.372 e. The Hall–Kier alpha value is -4.00. The number of carbonyl (C=O) groups excluding carboxylic acids is 3. The van der Waals surface area contributed by atoms with E-state index in [-0.39, 0.29) is 24.2 Å². The van der Waals surface area contributed by atoms with Crippen molar-refractivity contribution in [2.75, 3.05) is 24.5 Å². The number of amides is 3. The van der Waals surface area contributed by atoms with E-state index in [1.807, 2.05) is 18.7 Å². The molecule has 0 aromatic heterocycles. The Labute approximate surface area is 234 Å². The Bertz CT molecular complexity index is 1360. The number of hydrogen-bond acceptors (Lipinski definition) is 6. The lowest BCUT2D eigenvalue weighted by atomic mass is 9.99. The second kappa shape index (κ2) is 11.9. The summed E-state index contributed by atoms with van der Waals surface area (Å²) in [5.41, 5.74) is 5.19. The summed E-state index contributed by atoms with van der Waals surface area (Å²) in [7, 11) is 0. The molecule has 1 fully saturated rings. The van der Waals surface area contributed by atoms with Crippen LogP contribution >= 0.6 is 0 Å². The molecular weight excluding hydrogens is 546 g/mol. The van der Waals surface area contributed by atoms with E-state index < -0.39 is 53.9 Å². The predicted octanol–water partition coefficient (Wildman–Crippen LogP) is 2.85. The number of halogens is 4. The second-order valence-corrected chi connectivity index (χ2v) is 10.4. The first kappa shape index (κ1) is 30.0. The number of ether oxygens (including phenoxy) is 1. The van der Waals surface area contributed by atoms with Crippen molar-refractivity contribution in [1.29, 1.82) is 0 Å². The van der Waals surface area contributed by atoms with Crippen LogP contribution in [-0.4, -0.2) is 66.5 Å². The molecule has 1 saturated heterocycles. The van der Waals surface area contributed by atoms with E-state index >= 15 is 0 Å². The third kappa shape index (κ3) is 6.84. The Morgan fingerprint density at radius 2 is 1.80 bits per heavy atom. The van der Waals surface area contributed by atoms with Gasteiger partial charge in [0.05, 0.1) is 23.5 Å². The summed E-state index contributed by atoms with van der Waals surface area (Å²) in [6.45, 7) is 5.76. The fraction of sp³-hybridized carbons (Fsp3) is 0.429. The first-order valence-corrected chi connectivity index (χ1v) is 13.1. The number of nitrogens with two attached hydrogens (primary N) is 1. The molecule has 3 amide bonds. The standard InChI is InChI=1S/C28H31F4N5O4/c1-15(10-18-8-9-20(21(29)11-18)28(30,31)32)26(39)35-24-27(40)37(14-23(33)38)22-7-5-4-6-19(22)25(34-24)36-12-16(2)41-17(3)13-36/h4-9,11,15-17,24H,10,12-14H2,1-3H3,(H2,33,38)(H,35,39)/t15-,16?,17?,24?/m0/s1. The summed E-state index contributed by atoms with van der Waals surface area (Å²) >= 11 is 0. The Morgan fingerprint density at radius 1 is 1.15 bits per heavy atom. The van der Waals surface area contributed by atoms with E-state index in [9.17, 15) is 31.9 Å². The van der Waals surface area contributed by atoms with E-state index in [4.69, 9.17) is 10.5 Å². The summed E-state index contributed by atoms with van der Waals surface area (Å²) in [5.74, 6) is -3.98. The molecule has 0 spiro atoms. The minimum Gasteiger partial charge on any atom is -0.372 e. The fourth-order valence-electron chi connectivity index (χ4n) is 5.07. The van der Waals surface area contributed by atoms with Crippen molar-refractivity contribution < 1.29 is 36.7 Å². The lowest BCUT2D eigenvalue weighted by molar-refractivity contribution is -0.140. The Balaban J connectivity index is 1.64. The highest BCUT2D eigenvalue weighted by Gasteiger charge is 2.37. The van der Waals surface area contributed by atoms with Gasteiger partial charge in [-0.25, -0.2) is 9.38 Å². The van der Waals surface area contributed by atoms with Crippen molar-refractivity contribution in [3.63, 3.8) is 0 Å². The average molecular weight is 578 g/mol. The molecular formula is C28H31F4N5O4. The SMILES string of the molecule is CC1CN(C2=NC(NC(=O)[C@@H](C)Cc3ccc(C(F)(F)F)c(F)c3)C(=O)N(CC(N)=O)c3ccccc32)CC(C)O1. The van der Waals surface area contributed by atoms with Crippen LogP contribution in [0, 0.1) is 11.7 Å². The maximum Gasteiger partial charge on any atom is 0.419 e. The number of benzodiazepines with no additional fused rings is 1. The zero-order valence-electron chi connectivity index (χ0n) is 22.7. The minimum absolute atomic E-state index is 0.0951. The van der Waals surface area contributed by atoms with Gasteiger partial charge in [0.25, 0.3) is 5.91 Å². The highest BCUT2D eigenvalue weighted by Crippen LogP contribution is 2.32. The molecule has 0 saturated carbocycles. The number of primary amides is 1. The molecule has 2 heterocycles. The molecule has 2 aliphatic heterocycles. The van der Waals surface area contributed by atoms with Crippen LogP contribution in [0.4, 0.5) is 23.2 Å². The number of rotatable bonds is 6. The Morgan fingerprint density at radius 3 is 2.41 bits per heavy atom. The van der Waals surface area contributed by atoms with Crippen LogP contribution in [-0.2, 0) is 31.7 Å². The minimum atomic E-state index is -4.84. The summed E-state index contributed by atoms with van der Waals surface area (Å²) in [5, 5.41) is 2.61. The zero-order valence-corrected chi connectivity index (χ0v) is 22.7. The number of hydrogen-bond donors (Lipinski definition) is 2. The number of morpholine rings is 1. The van der Waals surface area contributed by atoms with Gasteiger partial charge in [-0.1, -0.05) is 25.1 Å². The summed E-state index contributed by atoms with van der Waals surface area (Å²) in [6, 6.07) is 9.35. The molecule has 2 aromatic rings. The first-order chi connectivity index (χ1) is 19.2. The van der Waals surface area contributed by atoms with Crippen LogP contribution in [0.25, 0.3) is 0 Å². The number of carbonyl (C=O) groups is 3. The fourth-order valence-corrected chi connectivity index (χ4v) is 5.07. The van der Waals surface area contributed by atoms with Gasteiger partial charge < -0.3 is 20.7 Å². The largest absolute Gasteiger partial charge is 0.419 e. The normalized spacial score (nSPS) is 22.0. The topological polar surface area (TPSA) is 117 Å². The highest BCUT2D eigenvalue weighted by molar-refractivity contribution is 6.13. The number of anilines is 1. The maximum absolute atomic E-state index is 14.1. The Kier molecular flexibility index (Phi) is 8.66. The van der Waals surface area contributed by atoms with Crippen molar-refractivity contribution in [3.05, 3.63) is 65.0 Å². The molecule has 0 aliphatic carbocycles. The molecule has 3 N–H and O–H groups in total. The lowest BCUT2D eigenvalue weighted by Gasteiger charge is -2.37. The molecule has 0 radical (unpaired) electrons. The van der Waals surface area contributed by atoms with Gasteiger partial charge in [0, 0.05) is 24.6 Å². The van der Waals surface area contributed by atoms with Gasteiger partial charge >= 0.3 is 6.18 Å². The third-order valence-corrected chi connectivity index (χ3v) is 6.83. The molecule has 2 aromatic carbocycles. The van der Waals surface area contributed by atoms with Gasteiger partial charge in [-0.3, -0.25) is 19.3 Å². The van der Waals surface area contributed by atoms with E-state index in [1.54, 1.807) is 24.3 Å². The third-order valence-electron chi connectivity index (χ3n) is 6.83. The number of alkyl halides is 3. The highest BCUT2D eigenvalue weighted by atomic mass is 19.4. The quantitative estimate of drug-likeness (QED) is 0.513. The van der Waals surface area contributed by atoms with Gasteiger partial charge in [0.1, 0.15) is 18.2 Å². The van der Waals surface area contributed by atoms with Crippen molar-refractivity contribution in [2.24, 2.45) is 16.6 Å². The van der Waals surface area contributed by atoms with Crippen molar-refractivity contribution in [1.82, 2.24) is 10.2 Å². The number of amidine groups is 1.